The Balaban J connectivity index is 1.64. The van der Waals surface area contributed by atoms with Crippen LogP contribution in [0, 0.1) is 0 Å². The van der Waals surface area contributed by atoms with Crippen molar-refractivity contribution in [2.75, 3.05) is 5.32 Å². The summed E-state index contributed by atoms with van der Waals surface area (Å²) in [6, 6.07) is 7.08. The van der Waals surface area contributed by atoms with Crippen LogP contribution in [0.2, 0.25) is 0 Å². The lowest BCUT2D eigenvalue weighted by atomic mass is 10.1. The number of carbonyl (C=O) groups is 2. The predicted molar refractivity (Wildman–Crippen MR) is 107 cm³/mol. The van der Waals surface area contributed by atoms with Crippen molar-refractivity contribution < 1.29 is 9.59 Å². The molecule has 1 fully saturated rings. The Morgan fingerprint density at radius 3 is 2.52 bits per heavy atom. The van der Waals surface area contributed by atoms with E-state index in [1.807, 2.05) is 13.8 Å². The molecule has 1 aromatic heterocycles. The van der Waals surface area contributed by atoms with E-state index in [1.54, 1.807) is 24.3 Å². The fourth-order valence-electron chi connectivity index (χ4n) is 2.94. The molecule has 1 amide bonds. The van der Waals surface area contributed by atoms with E-state index >= 15 is 0 Å². The molecule has 6 nitrogen and oxygen atoms in total. The first-order chi connectivity index (χ1) is 13.0. The maximum Gasteiger partial charge on any atom is 0.224 e. The molecule has 0 spiro atoms. The van der Waals surface area contributed by atoms with Gasteiger partial charge < -0.3 is 9.88 Å². The van der Waals surface area contributed by atoms with E-state index in [9.17, 15) is 9.59 Å². The van der Waals surface area contributed by atoms with Crippen LogP contribution in [0.4, 0.5) is 5.69 Å². The molecule has 1 heterocycles. The summed E-state index contributed by atoms with van der Waals surface area (Å²) < 4.78 is 2.12. The van der Waals surface area contributed by atoms with Gasteiger partial charge in [-0.1, -0.05) is 18.7 Å². The monoisotopic (exact) mass is 386 g/mol. The Labute approximate surface area is 164 Å². The summed E-state index contributed by atoms with van der Waals surface area (Å²) in [6.45, 7) is 6.76. The molecule has 0 bridgehead atoms. The van der Waals surface area contributed by atoms with E-state index in [0.29, 0.717) is 23.6 Å². The van der Waals surface area contributed by atoms with Crippen LogP contribution in [0.3, 0.4) is 0 Å². The zero-order chi connectivity index (χ0) is 19.4. The molecule has 1 aromatic carbocycles. The van der Waals surface area contributed by atoms with Crippen LogP contribution in [-0.2, 0) is 11.3 Å². The van der Waals surface area contributed by atoms with Gasteiger partial charge in [-0.3, -0.25) is 9.59 Å². The molecule has 0 aliphatic heterocycles. The van der Waals surface area contributed by atoms with Crippen molar-refractivity contribution in [3.63, 3.8) is 0 Å². The Bertz CT molecular complexity index is 812. The van der Waals surface area contributed by atoms with E-state index in [0.717, 1.165) is 23.9 Å². The highest BCUT2D eigenvalue weighted by Crippen LogP contribution is 2.40. The number of nitrogens with one attached hydrogen (secondary N) is 1. The van der Waals surface area contributed by atoms with Gasteiger partial charge in [-0.05, 0) is 57.4 Å². The SMILES string of the molecule is CCCC(=O)Nc1ccc(C(=O)C(C)Sc2nnc(C3CC3)n2CC)cc1. The minimum Gasteiger partial charge on any atom is -0.326 e. The minimum absolute atomic E-state index is 0.00845. The summed E-state index contributed by atoms with van der Waals surface area (Å²) in [5.74, 6) is 1.62. The zero-order valence-corrected chi connectivity index (χ0v) is 16.9. The zero-order valence-electron chi connectivity index (χ0n) is 16.1. The summed E-state index contributed by atoms with van der Waals surface area (Å²) in [5, 5.41) is 12.0. The number of thioether (sulfide) groups is 1. The number of carbonyl (C=O) groups excluding carboxylic acids is 2. The van der Waals surface area contributed by atoms with Crippen LogP contribution < -0.4 is 5.32 Å². The van der Waals surface area contributed by atoms with Gasteiger partial charge in [0.05, 0.1) is 5.25 Å². The van der Waals surface area contributed by atoms with Crippen molar-refractivity contribution >= 4 is 29.1 Å². The number of anilines is 1. The van der Waals surface area contributed by atoms with Crippen LogP contribution in [0.25, 0.3) is 0 Å². The molecule has 1 aliphatic carbocycles. The van der Waals surface area contributed by atoms with Gasteiger partial charge in [-0.15, -0.1) is 10.2 Å². The van der Waals surface area contributed by atoms with Crippen molar-refractivity contribution in [3.8, 4) is 0 Å². The molecule has 0 radical (unpaired) electrons. The fourth-order valence-corrected chi connectivity index (χ4v) is 3.94. The largest absolute Gasteiger partial charge is 0.326 e. The Kier molecular flexibility index (Phi) is 6.31. The third kappa shape index (κ3) is 4.77. The summed E-state index contributed by atoms with van der Waals surface area (Å²) in [7, 11) is 0. The molecule has 1 N–H and O–H groups in total. The summed E-state index contributed by atoms with van der Waals surface area (Å²) in [5.41, 5.74) is 1.35. The lowest BCUT2D eigenvalue weighted by molar-refractivity contribution is -0.116. The highest BCUT2D eigenvalue weighted by molar-refractivity contribution is 8.00. The van der Waals surface area contributed by atoms with Crippen molar-refractivity contribution in [2.45, 2.75) is 69.3 Å². The number of aromatic nitrogens is 3. The first kappa shape index (κ1) is 19.6. The van der Waals surface area contributed by atoms with Gasteiger partial charge >= 0.3 is 0 Å². The molecule has 1 aliphatic rings. The second-order valence-electron chi connectivity index (χ2n) is 6.86. The standard InChI is InChI=1S/C20H26N4O2S/c1-4-6-17(25)21-16-11-9-14(10-12-16)18(26)13(3)27-20-23-22-19(15-7-8-15)24(20)5-2/h9-13,15H,4-8H2,1-3H3,(H,21,25). The average molecular weight is 387 g/mol. The van der Waals surface area contributed by atoms with E-state index in [-0.39, 0.29) is 16.9 Å². The number of Topliss-reactive ketones (excluding diaryl/α,β-unsaturated/α-hetero) is 1. The van der Waals surface area contributed by atoms with Crippen LogP contribution in [0.1, 0.15) is 68.6 Å². The van der Waals surface area contributed by atoms with Crippen molar-refractivity contribution in [3.05, 3.63) is 35.7 Å². The van der Waals surface area contributed by atoms with Crippen LogP contribution in [0.15, 0.2) is 29.4 Å². The Hall–Kier alpha value is -2.15. The molecule has 2 aromatic rings. The number of amides is 1. The van der Waals surface area contributed by atoms with Crippen molar-refractivity contribution in [1.29, 1.82) is 0 Å². The van der Waals surface area contributed by atoms with Gasteiger partial charge in [-0.2, -0.15) is 0 Å². The van der Waals surface area contributed by atoms with Crippen LogP contribution >= 0.6 is 11.8 Å². The van der Waals surface area contributed by atoms with E-state index < -0.39 is 0 Å². The van der Waals surface area contributed by atoms with Gasteiger partial charge in [0.25, 0.3) is 0 Å². The molecular weight excluding hydrogens is 360 g/mol. The number of hydrogen-bond donors (Lipinski definition) is 1. The Morgan fingerprint density at radius 2 is 1.93 bits per heavy atom. The molecule has 1 unspecified atom stereocenters. The van der Waals surface area contributed by atoms with Crippen molar-refractivity contribution in [2.24, 2.45) is 0 Å². The number of hydrogen-bond acceptors (Lipinski definition) is 5. The maximum absolute atomic E-state index is 12.8. The van der Waals surface area contributed by atoms with E-state index in [4.69, 9.17) is 0 Å². The Morgan fingerprint density at radius 1 is 1.22 bits per heavy atom. The molecule has 0 saturated heterocycles. The quantitative estimate of drug-likeness (QED) is 0.514. The second kappa shape index (κ2) is 8.69. The number of ketones is 1. The van der Waals surface area contributed by atoms with Crippen molar-refractivity contribution in [1.82, 2.24) is 14.8 Å². The molecular formula is C20H26N4O2S. The highest BCUT2D eigenvalue weighted by Gasteiger charge is 2.30. The normalized spacial score (nSPS) is 14.8. The molecule has 144 valence electrons. The number of rotatable bonds is 9. The summed E-state index contributed by atoms with van der Waals surface area (Å²) in [4.78, 5) is 24.4. The van der Waals surface area contributed by atoms with E-state index in [2.05, 4.69) is 27.0 Å². The maximum atomic E-state index is 12.8. The molecule has 3 rings (SSSR count). The van der Waals surface area contributed by atoms with Gasteiger partial charge in [0.1, 0.15) is 5.82 Å². The highest BCUT2D eigenvalue weighted by atomic mass is 32.2. The lowest BCUT2D eigenvalue weighted by Gasteiger charge is -2.12. The third-order valence-electron chi connectivity index (χ3n) is 4.59. The predicted octanol–water partition coefficient (Wildman–Crippen LogP) is 4.28. The number of benzene rings is 1. The van der Waals surface area contributed by atoms with E-state index in [1.165, 1.54) is 24.6 Å². The molecule has 7 heteroatoms. The smallest absolute Gasteiger partial charge is 0.224 e. The molecule has 27 heavy (non-hydrogen) atoms. The summed E-state index contributed by atoms with van der Waals surface area (Å²) in [6.07, 6.45) is 3.66. The van der Waals surface area contributed by atoms with Gasteiger partial charge in [-0.25, -0.2) is 0 Å². The van der Waals surface area contributed by atoms with Crippen LogP contribution in [-0.4, -0.2) is 31.7 Å². The minimum atomic E-state index is -0.257. The van der Waals surface area contributed by atoms with Gasteiger partial charge in [0.15, 0.2) is 10.9 Å². The fraction of sp³-hybridized carbons (Fsp3) is 0.500. The molecule has 1 atom stereocenters. The first-order valence-corrected chi connectivity index (χ1v) is 10.4. The average Bonchev–Trinajstić information content (AvgIpc) is 3.43. The van der Waals surface area contributed by atoms with Gasteiger partial charge in [0, 0.05) is 30.1 Å². The third-order valence-corrected chi connectivity index (χ3v) is 5.67. The first-order valence-electron chi connectivity index (χ1n) is 9.57. The lowest BCUT2D eigenvalue weighted by Crippen LogP contribution is -2.15. The molecule has 1 saturated carbocycles. The van der Waals surface area contributed by atoms with Crippen LogP contribution in [0.5, 0.6) is 0 Å². The topological polar surface area (TPSA) is 76.9 Å². The van der Waals surface area contributed by atoms with Gasteiger partial charge in [0.2, 0.25) is 5.91 Å². The second-order valence-corrected chi connectivity index (χ2v) is 8.17. The number of nitrogens with zero attached hydrogens (tertiary/aromatic N) is 3. The summed E-state index contributed by atoms with van der Waals surface area (Å²) >= 11 is 1.46.